The van der Waals surface area contributed by atoms with Gasteiger partial charge in [0.2, 0.25) is 0 Å². The number of carbonyl (C=O) groups excluding carboxylic acids is 1. The van der Waals surface area contributed by atoms with E-state index in [0.717, 1.165) is 48.9 Å². The zero-order valence-corrected chi connectivity index (χ0v) is 16.4. The van der Waals surface area contributed by atoms with Crippen LogP contribution < -0.4 is 0 Å². The lowest BCUT2D eigenvalue weighted by Crippen LogP contribution is -2.50. The maximum atomic E-state index is 12.5. The van der Waals surface area contributed by atoms with Crippen LogP contribution in [-0.4, -0.2) is 21.8 Å². The normalized spacial score (nSPS) is 58.2. The van der Waals surface area contributed by atoms with Crippen LogP contribution in [0, 0.1) is 46.8 Å². The second kappa shape index (κ2) is 5.31. The van der Waals surface area contributed by atoms with E-state index in [4.69, 9.17) is 0 Å². The monoisotopic (exact) mass is 394 g/mol. The molecule has 9 atom stereocenters. The average Bonchev–Trinajstić information content (AvgIpc) is 3.15. The van der Waals surface area contributed by atoms with Gasteiger partial charge in [0.1, 0.15) is 5.78 Å². The third-order valence-electron chi connectivity index (χ3n) is 9.48. The molecule has 5 aliphatic rings. The molecule has 0 aromatic heterocycles. The third kappa shape index (κ3) is 2.06. The average molecular weight is 395 g/mol. The highest BCUT2D eigenvalue weighted by molar-refractivity contribution is 9.09. The van der Waals surface area contributed by atoms with Gasteiger partial charge < -0.3 is 5.11 Å². The van der Waals surface area contributed by atoms with Gasteiger partial charge in [0.05, 0.1) is 10.9 Å². The molecule has 0 aromatic carbocycles. The van der Waals surface area contributed by atoms with E-state index in [0.29, 0.717) is 22.9 Å². The van der Waals surface area contributed by atoms with Gasteiger partial charge in [-0.1, -0.05) is 22.9 Å². The summed E-state index contributed by atoms with van der Waals surface area (Å²) in [5.41, 5.74) is 0.0196. The molecule has 0 radical (unpaired) electrons. The fourth-order valence-corrected chi connectivity index (χ4v) is 8.70. The largest absolute Gasteiger partial charge is 0.390 e. The van der Waals surface area contributed by atoms with Gasteiger partial charge in [-0.25, -0.2) is 0 Å². The lowest BCUT2D eigenvalue weighted by molar-refractivity contribution is -0.128. The minimum Gasteiger partial charge on any atom is -0.390 e. The Labute approximate surface area is 154 Å². The van der Waals surface area contributed by atoms with Crippen LogP contribution in [0.5, 0.6) is 0 Å². The molecule has 0 heterocycles. The van der Waals surface area contributed by atoms with Gasteiger partial charge >= 0.3 is 0 Å². The van der Waals surface area contributed by atoms with Crippen LogP contribution in [0.2, 0.25) is 0 Å². The van der Waals surface area contributed by atoms with E-state index in [1.54, 1.807) is 0 Å². The van der Waals surface area contributed by atoms with Gasteiger partial charge in [-0.3, -0.25) is 4.79 Å². The number of aliphatic hydroxyl groups is 1. The SMILES string of the molecule is C[C@]12CC[C@@H]3[C@H]4CC[C@]5(O)CC5[C@H]4CC[C@H]3[C@@H]1CC[C@@H]2C(=O)CBr. The van der Waals surface area contributed by atoms with Crippen molar-refractivity contribution in [2.75, 3.05) is 5.33 Å². The highest BCUT2D eigenvalue weighted by Gasteiger charge is 2.65. The predicted octanol–water partition coefficient (Wildman–Crippen LogP) is 4.58. The van der Waals surface area contributed by atoms with Crippen molar-refractivity contribution >= 4 is 21.7 Å². The summed E-state index contributed by atoms with van der Waals surface area (Å²) in [4.78, 5) is 12.5. The maximum absolute atomic E-state index is 12.5. The summed E-state index contributed by atoms with van der Waals surface area (Å²) in [5.74, 6) is 5.63. The molecule has 5 saturated carbocycles. The third-order valence-corrected chi connectivity index (χ3v) is 10.0. The Morgan fingerprint density at radius 1 is 0.958 bits per heavy atom. The molecule has 1 unspecified atom stereocenters. The highest BCUT2D eigenvalue weighted by Crippen LogP contribution is 2.68. The molecule has 0 amide bonds. The maximum Gasteiger partial charge on any atom is 0.147 e. The van der Waals surface area contributed by atoms with Gasteiger partial charge in [-0.15, -0.1) is 0 Å². The van der Waals surface area contributed by atoms with Crippen molar-refractivity contribution in [2.45, 2.75) is 70.3 Å². The zero-order valence-electron chi connectivity index (χ0n) is 14.8. The van der Waals surface area contributed by atoms with Crippen LogP contribution in [0.3, 0.4) is 0 Å². The number of Topliss-reactive ketones (excluding diaryl/α,β-unsaturated/α-hetero) is 1. The zero-order chi connectivity index (χ0) is 16.7. The van der Waals surface area contributed by atoms with Crippen molar-refractivity contribution in [3.63, 3.8) is 0 Å². The van der Waals surface area contributed by atoms with Crippen molar-refractivity contribution in [3.8, 4) is 0 Å². The topological polar surface area (TPSA) is 37.3 Å². The van der Waals surface area contributed by atoms with E-state index < -0.39 is 0 Å². The quantitative estimate of drug-likeness (QED) is 0.695. The molecule has 5 rings (SSSR count). The minimum atomic E-state index is -0.252. The molecule has 24 heavy (non-hydrogen) atoms. The van der Waals surface area contributed by atoms with Crippen LogP contribution in [0.1, 0.15) is 64.7 Å². The fourth-order valence-electron chi connectivity index (χ4n) is 8.31. The first kappa shape index (κ1) is 16.3. The van der Waals surface area contributed by atoms with Gasteiger partial charge in [0.15, 0.2) is 0 Å². The first-order valence-corrected chi connectivity index (χ1v) is 11.4. The fraction of sp³-hybridized carbons (Fsp3) is 0.952. The number of hydrogen-bond acceptors (Lipinski definition) is 2. The molecule has 1 N–H and O–H groups in total. The molecule has 134 valence electrons. The molecule has 3 heteroatoms. The van der Waals surface area contributed by atoms with E-state index in [1.807, 2.05) is 0 Å². The van der Waals surface area contributed by atoms with E-state index >= 15 is 0 Å². The molecule has 5 aliphatic carbocycles. The van der Waals surface area contributed by atoms with Crippen LogP contribution in [0.4, 0.5) is 0 Å². The van der Waals surface area contributed by atoms with Crippen molar-refractivity contribution in [1.82, 2.24) is 0 Å². The van der Waals surface area contributed by atoms with Gasteiger partial charge in [-0.2, -0.15) is 0 Å². The molecular formula is C21H31BrO2. The summed E-state index contributed by atoms with van der Waals surface area (Å²) >= 11 is 3.42. The number of carbonyl (C=O) groups is 1. The summed E-state index contributed by atoms with van der Waals surface area (Å²) in [6.07, 6.45) is 11.2. The molecule has 0 saturated heterocycles. The van der Waals surface area contributed by atoms with E-state index in [-0.39, 0.29) is 11.0 Å². The van der Waals surface area contributed by atoms with Gasteiger partial charge in [0, 0.05) is 5.92 Å². The first-order chi connectivity index (χ1) is 11.5. The van der Waals surface area contributed by atoms with Crippen molar-refractivity contribution < 1.29 is 9.90 Å². The number of hydrogen-bond donors (Lipinski definition) is 1. The lowest BCUT2D eigenvalue weighted by Gasteiger charge is -2.56. The van der Waals surface area contributed by atoms with Crippen molar-refractivity contribution in [3.05, 3.63) is 0 Å². The summed E-state index contributed by atoms with van der Waals surface area (Å²) in [7, 11) is 0. The van der Waals surface area contributed by atoms with Crippen LogP contribution in [0.15, 0.2) is 0 Å². The molecule has 0 bridgehead atoms. The Morgan fingerprint density at radius 3 is 2.33 bits per heavy atom. The molecule has 5 fully saturated rings. The Kier molecular flexibility index (Phi) is 3.61. The molecule has 0 spiro atoms. The van der Waals surface area contributed by atoms with Crippen LogP contribution in [0.25, 0.3) is 0 Å². The summed E-state index contributed by atoms with van der Waals surface area (Å²) in [6.45, 7) is 2.44. The number of rotatable bonds is 2. The second-order valence-electron chi connectivity index (χ2n) is 10.1. The van der Waals surface area contributed by atoms with Gasteiger partial charge in [0.25, 0.3) is 0 Å². The Bertz CT molecular complexity index is 562. The summed E-state index contributed by atoms with van der Waals surface area (Å²) in [6, 6.07) is 0. The van der Waals surface area contributed by atoms with Crippen molar-refractivity contribution in [2.24, 2.45) is 46.8 Å². The Morgan fingerprint density at radius 2 is 1.62 bits per heavy atom. The number of halogens is 1. The number of fused-ring (bicyclic) bond motifs is 7. The molecular weight excluding hydrogens is 364 g/mol. The first-order valence-electron chi connectivity index (χ1n) is 10.3. The predicted molar refractivity (Wildman–Crippen MR) is 97.8 cm³/mol. The number of alkyl halides is 1. The Hall–Kier alpha value is 0.110. The lowest BCUT2D eigenvalue weighted by atomic mass is 9.49. The van der Waals surface area contributed by atoms with Crippen molar-refractivity contribution in [1.29, 1.82) is 0 Å². The van der Waals surface area contributed by atoms with E-state index in [2.05, 4.69) is 22.9 Å². The van der Waals surface area contributed by atoms with Crippen LogP contribution >= 0.6 is 15.9 Å². The molecule has 2 nitrogen and oxygen atoms in total. The minimum absolute atomic E-state index is 0.252. The molecule has 0 aromatic rings. The van der Waals surface area contributed by atoms with E-state index in [9.17, 15) is 9.90 Å². The standard InChI is InChI=1S/C21H31BrO2/c1-20-8-6-12-13-7-9-21(24)10-18(21)15(13)3-2-14(12)16(20)4-5-17(20)19(23)11-22/h12-18,24H,2-11H2,1H3/t12-,13-,14-,15+,16+,17-,18?,20+,21+/m1/s1. The summed E-state index contributed by atoms with van der Waals surface area (Å²) in [5, 5.41) is 11.1. The number of ketones is 1. The summed E-state index contributed by atoms with van der Waals surface area (Å²) < 4.78 is 0. The Balaban J connectivity index is 1.39. The highest BCUT2D eigenvalue weighted by atomic mass is 79.9. The van der Waals surface area contributed by atoms with Crippen LogP contribution in [-0.2, 0) is 4.79 Å². The van der Waals surface area contributed by atoms with Gasteiger partial charge in [-0.05, 0) is 98.7 Å². The van der Waals surface area contributed by atoms with E-state index in [1.165, 1.54) is 38.5 Å². The smallest absolute Gasteiger partial charge is 0.147 e. The second-order valence-corrected chi connectivity index (χ2v) is 10.6. The molecule has 0 aliphatic heterocycles.